The number of aromatic nitrogens is 5. The molecule has 0 aliphatic heterocycles. The first kappa shape index (κ1) is 19.6. The minimum absolute atomic E-state index is 0.0781. The third-order valence-corrected chi connectivity index (χ3v) is 4.51. The number of rotatable bonds is 4. The lowest BCUT2D eigenvalue weighted by atomic mass is 10.2. The Morgan fingerprint density at radius 2 is 1.80 bits per heavy atom. The molecule has 2 aromatic heterocycles. The highest BCUT2D eigenvalue weighted by Gasteiger charge is 2.42. The lowest BCUT2D eigenvalue weighted by Gasteiger charge is -2.11. The summed E-state index contributed by atoms with van der Waals surface area (Å²) < 4.78 is 56.3. The van der Waals surface area contributed by atoms with E-state index in [1.165, 1.54) is 0 Å². The molecule has 0 unspecified atom stereocenters. The van der Waals surface area contributed by atoms with Crippen molar-refractivity contribution < 1.29 is 22.4 Å². The number of aryl methyl sites for hydroxylation is 1. The van der Waals surface area contributed by atoms with E-state index < -0.39 is 29.3 Å². The first-order chi connectivity index (χ1) is 14.3. The Hall–Kier alpha value is -3.76. The van der Waals surface area contributed by atoms with Gasteiger partial charge in [0, 0.05) is 7.05 Å². The monoisotopic (exact) mass is 418 g/mol. The molecule has 0 bridgehead atoms. The maximum absolute atomic E-state index is 13.7. The summed E-state index contributed by atoms with van der Waals surface area (Å²) in [7, 11) is 1.74. The molecule has 0 fully saturated rings. The lowest BCUT2D eigenvalue weighted by molar-refractivity contribution is -0.143. The molecule has 0 radical (unpaired) electrons. The minimum atomic E-state index is -4.91. The minimum Gasteiger partial charge on any atom is -0.343 e. The molecule has 11 heteroatoms. The van der Waals surface area contributed by atoms with Gasteiger partial charge in [-0.05, 0) is 36.4 Å². The number of para-hydroxylation sites is 2. The maximum Gasteiger partial charge on any atom is 0.435 e. The summed E-state index contributed by atoms with van der Waals surface area (Å²) in [6.45, 7) is -0.106. The van der Waals surface area contributed by atoms with Crippen molar-refractivity contribution in [2.24, 2.45) is 7.05 Å². The molecular weight excluding hydrogens is 404 g/mol. The molecule has 0 aliphatic carbocycles. The summed E-state index contributed by atoms with van der Waals surface area (Å²) in [6.07, 6.45) is -4.91. The van der Waals surface area contributed by atoms with Crippen molar-refractivity contribution in [2.75, 3.05) is 0 Å². The number of hydrogen-bond donors (Lipinski definition) is 1. The highest BCUT2D eigenvalue weighted by Crippen LogP contribution is 2.32. The van der Waals surface area contributed by atoms with E-state index in [9.17, 15) is 22.4 Å². The molecule has 1 N–H and O–H groups in total. The van der Waals surface area contributed by atoms with Gasteiger partial charge in [-0.3, -0.25) is 4.79 Å². The fraction of sp³-hybridized carbons (Fsp3) is 0.158. The van der Waals surface area contributed by atoms with Crippen molar-refractivity contribution >= 4 is 16.9 Å². The van der Waals surface area contributed by atoms with Gasteiger partial charge in [0.2, 0.25) is 0 Å². The van der Waals surface area contributed by atoms with Crippen LogP contribution in [0, 0.1) is 5.82 Å². The van der Waals surface area contributed by atoms with Crippen LogP contribution in [-0.2, 0) is 19.8 Å². The maximum atomic E-state index is 13.7. The Morgan fingerprint density at radius 3 is 2.47 bits per heavy atom. The largest absolute Gasteiger partial charge is 0.435 e. The second-order valence-electron chi connectivity index (χ2n) is 6.43. The highest BCUT2D eigenvalue weighted by atomic mass is 19.4. The smallest absolute Gasteiger partial charge is 0.343 e. The zero-order valence-corrected chi connectivity index (χ0v) is 15.5. The number of fused-ring (bicyclic) bond motifs is 1. The van der Waals surface area contributed by atoms with E-state index in [0.29, 0.717) is 16.0 Å². The fourth-order valence-electron chi connectivity index (χ4n) is 3.05. The van der Waals surface area contributed by atoms with E-state index in [2.05, 4.69) is 20.6 Å². The van der Waals surface area contributed by atoms with Gasteiger partial charge in [0.25, 0.3) is 5.91 Å². The van der Waals surface area contributed by atoms with Crippen molar-refractivity contribution in [2.45, 2.75) is 12.7 Å². The first-order valence-corrected chi connectivity index (χ1v) is 8.73. The Bertz CT molecular complexity index is 1230. The molecule has 0 saturated carbocycles. The van der Waals surface area contributed by atoms with Crippen LogP contribution < -0.4 is 5.32 Å². The Labute approximate surface area is 166 Å². The number of carbonyl (C=O) groups is 1. The van der Waals surface area contributed by atoms with Gasteiger partial charge < -0.3 is 9.88 Å². The fourth-order valence-corrected chi connectivity index (χ4v) is 3.05. The summed E-state index contributed by atoms with van der Waals surface area (Å²) >= 11 is 0. The molecule has 154 valence electrons. The van der Waals surface area contributed by atoms with Crippen molar-refractivity contribution in [1.29, 1.82) is 0 Å². The predicted octanol–water partition coefficient (Wildman–Crippen LogP) is 3.24. The van der Waals surface area contributed by atoms with E-state index in [4.69, 9.17) is 0 Å². The third kappa shape index (κ3) is 3.49. The number of imidazole rings is 1. The molecule has 30 heavy (non-hydrogen) atoms. The van der Waals surface area contributed by atoms with E-state index in [0.717, 1.165) is 29.8 Å². The van der Waals surface area contributed by atoms with Crippen LogP contribution in [0.3, 0.4) is 0 Å². The van der Waals surface area contributed by atoms with Crippen LogP contribution in [0.2, 0.25) is 0 Å². The molecule has 4 rings (SSSR count). The lowest BCUT2D eigenvalue weighted by Crippen LogP contribution is -2.28. The number of amides is 1. The second kappa shape index (κ2) is 7.25. The topological polar surface area (TPSA) is 77.6 Å². The molecule has 0 aliphatic rings. The molecule has 2 heterocycles. The van der Waals surface area contributed by atoms with E-state index in [-0.39, 0.29) is 12.2 Å². The number of carbonyl (C=O) groups excluding carboxylic acids is 1. The average Bonchev–Trinajstić information content (AvgIpc) is 3.29. The van der Waals surface area contributed by atoms with Crippen molar-refractivity contribution in [1.82, 2.24) is 29.9 Å². The van der Waals surface area contributed by atoms with Crippen molar-refractivity contribution in [3.8, 4) is 5.69 Å². The van der Waals surface area contributed by atoms with Crippen LogP contribution in [0.5, 0.6) is 0 Å². The molecule has 7 nitrogen and oxygen atoms in total. The van der Waals surface area contributed by atoms with Gasteiger partial charge in [-0.2, -0.15) is 13.2 Å². The summed E-state index contributed by atoms with van der Waals surface area (Å²) in [4.78, 5) is 16.8. The van der Waals surface area contributed by atoms with Crippen LogP contribution >= 0.6 is 0 Å². The van der Waals surface area contributed by atoms with Crippen LogP contribution in [0.25, 0.3) is 16.7 Å². The normalized spacial score (nSPS) is 11.8. The summed E-state index contributed by atoms with van der Waals surface area (Å²) in [6, 6.07) is 11.5. The summed E-state index contributed by atoms with van der Waals surface area (Å²) in [5.41, 5.74) is -0.796. The number of halogens is 4. The Morgan fingerprint density at radius 1 is 1.10 bits per heavy atom. The molecule has 0 spiro atoms. The van der Waals surface area contributed by atoms with Gasteiger partial charge in [0.05, 0.1) is 23.3 Å². The first-order valence-electron chi connectivity index (χ1n) is 8.73. The van der Waals surface area contributed by atoms with Crippen LogP contribution in [0.1, 0.15) is 22.0 Å². The second-order valence-corrected chi connectivity index (χ2v) is 6.43. The van der Waals surface area contributed by atoms with E-state index >= 15 is 0 Å². The number of benzene rings is 2. The van der Waals surface area contributed by atoms with Crippen LogP contribution in [0.15, 0.2) is 48.5 Å². The molecular formula is C19H14F4N6O. The predicted molar refractivity (Wildman–Crippen MR) is 98.2 cm³/mol. The Balaban J connectivity index is 1.63. The molecule has 0 atom stereocenters. The summed E-state index contributed by atoms with van der Waals surface area (Å²) in [5.74, 6) is -1.21. The molecule has 0 saturated heterocycles. The van der Waals surface area contributed by atoms with Gasteiger partial charge >= 0.3 is 6.18 Å². The quantitative estimate of drug-likeness (QED) is 0.516. The average molecular weight is 418 g/mol. The van der Waals surface area contributed by atoms with Gasteiger partial charge in [0.1, 0.15) is 11.6 Å². The molecule has 4 aromatic rings. The standard InChI is InChI=1S/C19H14F4N6O/c1-28-14-5-3-2-4-13(14)25-15(28)10-24-18(30)16-17(19(21,22)23)29(27-26-16)12-8-6-11(20)7-9-12/h2-9H,10H2,1H3,(H,24,30). The zero-order valence-electron chi connectivity index (χ0n) is 15.5. The SMILES string of the molecule is Cn1c(CNC(=O)c2nnn(-c3ccc(F)cc3)c2C(F)(F)F)nc2ccccc21. The molecule has 1 amide bonds. The molecule has 2 aromatic carbocycles. The van der Waals surface area contributed by atoms with Crippen LogP contribution in [0.4, 0.5) is 17.6 Å². The van der Waals surface area contributed by atoms with Crippen LogP contribution in [-0.4, -0.2) is 30.5 Å². The summed E-state index contributed by atoms with van der Waals surface area (Å²) in [5, 5.41) is 9.28. The van der Waals surface area contributed by atoms with Crippen molar-refractivity contribution in [3.63, 3.8) is 0 Å². The van der Waals surface area contributed by atoms with Gasteiger partial charge in [-0.15, -0.1) is 5.10 Å². The number of hydrogen-bond acceptors (Lipinski definition) is 4. The Kier molecular flexibility index (Phi) is 4.72. The highest BCUT2D eigenvalue weighted by molar-refractivity contribution is 5.93. The number of nitrogens with one attached hydrogen (secondary N) is 1. The van der Waals surface area contributed by atoms with Gasteiger partial charge in [-0.1, -0.05) is 17.3 Å². The van der Waals surface area contributed by atoms with Crippen molar-refractivity contribution in [3.05, 3.63) is 71.6 Å². The number of nitrogens with zero attached hydrogens (tertiary/aromatic N) is 5. The third-order valence-electron chi connectivity index (χ3n) is 4.51. The van der Waals surface area contributed by atoms with Gasteiger partial charge in [0.15, 0.2) is 11.4 Å². The van der Waals surface area contributed by atoms with E-state index in [1.54, 1.807) is 23.7 Å². The van der Waals surface area contributed by atoms with Gasteiger partial charge in [-0.25, -0.2) is 14.1 Å². The van der Waals surface area contributed by atoms with E-state index in [1.807, 2.05) is 12.1 Å². The zero-order chi connectivity index (χ0) is 21.5. The number of alkyl halides is 3.